The summed E-state index contributed by atoms with van der Waals surface area (Å²) in [5.41, 5.74) is 7.64. The van der Waals surface area contributed by atoms with Gasteiger partial charge in [0.05, 0.1) is 21.7 Å². The van der Waals surface area contributed by atoms with E-state index < -0.39 is 6.10 Å². The van der Waals surface area contributed by atoms with E-state index in [0.29, 0.717) is 6.42 Å². The van der Waals surface area contributed by atoms with E-state index in [1.807, 2.05) is 5.38 Å². The number of nitrogens with two attached hydrogens (primary N) is 1. The van der Waals surface area contributed by atoms with Crippen LogP contribution in [0.25, 0.3) is 10.6 Å². The zero-order chi connectivity index (χ0) is 11.5. The van der Waals surface area contributed by atoms with Gasteiger partial charge >= 0.3 is 0 Å². The average Bonchev–Trinajstić information content (AvgIpc) is 2.86. The predicted octanol–water partition coefficient (Wildman–Crippen LogP) is 2.04. The topological polar surface area (TPSA) is 59.1 Å². The Bertz CT molecular complexity index is 464. The second-order valence-electron chi connectivity index (χ2n) is 3.65. The van der Waals surface area contributed by atoms with Gasteiger partial charge in [-0.05, 0) is 23.9 Å². The molecule has 86 valence electrons. The van der Waals surface area contributed by atoms with Crippen LogP contribution in [0.15, 0.2) is 16.8 Å². The first-order valence-corrected chi connectivity index (χ1v) is 6.83. The van der Waals surface area contributed by atoms with Crippen LogP contribution in [0.2, 0.25) is 0 Å². The van der Waals surface area contributed by atoms with Gasteiger partial charge in [-0.2, -0.15) is 0 Å². The van der Waals surface area contributed by atoms with Crippen molar-refractivity contribution in [2.45, 2.75) is 19.4 Å². The van der Waals surface area contributed by atoms with E-state index in [4.69, 9.17) is 5.73 Å². The largest absolute Gasteiger partial charge is 0.391 e. The van der Waals surface area contributed by atoms with Crippen LogP contribution in [0.4, 0.5) is 0 Å². The lowest BCUT2D eigenvalue weighted by Gasteiger charge is -2.03. The van der Waals surface area contributed by atoms with Crippen LogP contribution in [0.3, 0.4) is 0 Å². The third-order valence-electron chi connectivity index (χ3n) is 2.33. The van der Waals surface area contributed by atoms with E-state index in [1.54, 1.807) is 22.7 Å². The fraction of sp³-hybridized carbons (Fsp3) is 0.364. The van der Waals surface area contributed by atoms with Crippen molar-refractivity contribution in [1.29, 1.82) is 0 Å². The molecular formula is C11H14N2OS2. The van der Waals surface area contributed by atoms with Crippen LogP contribution in [0, 0.1) is 6.92 Å². The number of thiazole rings is 1. The van der Waals surface area contributed by atoms with Crippen molar-refractivity contribution < 1.29 is 5.11 Å². The van der Waals surface area contributed by atoms with Crippen LogP contribution < -0.4 is 5.73 Å². The molecule has 2 heterocycles. The molecule has 0 saturated heterocycles. The Labute approximate surface area is 103 Å². The molecule has 0 saturated carbocycles. The summed E-state index contributed by atoms with van der Waals surface area (Å²) in [6.45, 7) is 2.37. The number of thiophene rings is 1. The number of hydrogen-bond donors (Lipinski definition) is 2. The summed E-state index contributed by atoms with van der Waals surface area (Å²) >= 11 is 3.28. The van der Waals surface area contributed by atoms with E-state index in [9.17, 15) is 5.11 Å². The van der Waals surface area contributed by atoms with Gasteiger partial charge < -0.3 is 10.8 Å². The highest BCUT2D eigenvalue weighted by molar-refractivity contribution is 7.14. The van der Waals surface area contributed by atoms with Gasteiger partial charge in [-0.3, -0.25) is 0 Å². The number of aromatic nitrogens is 1. The molecule has 2 aromatic rings. The Morgan fingerprint density at radius 1 is 1.50 bits per heavy atom. The van der Waals surface area contributed by atoms with Crippen molar-refractivity contribution in [3.05, 3.63) is 27.4 Å². The summed E-state index contributed by atoms with van der Waals surface area (Å²) in [7, 11) is 0. The van der Waals surface area contributed by atoms with E-state index in [0.717, 1.165) is 10.7 Å². The third-order valence-corrected chi connectivity index (χ3v) is 4.24. The number of aliphatic hydroxyl groups excluding tert-OH is 1. The predicted molar refractivity (Wildman–Crippen MR) is 68.9 cm³/mol. The van der Waals surface area contributed by atoms with E-state index in [1.165, 1.54) is 10.4 Å². The molecule has 0 spiro atoms. The van der Waals surface area contributed by atoms with Crippen molar-refractivity contribution >= 4 is 22.7 Å². The SMILES string of the molecule is Cc1ccsc1-c1csc(CC(O)CN)n1. The molecular weight excluding hydrogens is 240 g/mol. The highest BCUT2D eigenvalue weighted by Gasteiger charge is 2.10. The maximum atomic E-state index is 9.45. The van der Waals surface area contributed by atoms with Crippen molar-refractivity contribution in [3.8, 4) is 10.6 Å². The lowest BCUT2D eigenvalue weighted by molar-refractivity contribution is 0.183. The summed E-state index contributed by atoms with van der Waals surface area (Å²) in [6.07, 6.45) is 0.0643. The van der Waals surface area contributed by atoms with Crippen molar-refractivity contribution in [2.24, 2.45) is 5.73 Å². The summed E-state index contributed by atoms with van der Waals surface area (Å²) in [5.74, 6) is 0. The second kappa shape index (κ2) is 5.05. The number of nitrogens with zero attached hydrogens (tertiary/aromatic N) is 1. The van der Waals surface area contributed by atoms with Crippen molar-refractivity contribution in [3.63, 3.8) is 0 Å². The summed E-state index contributed by atoms with van der Waals surface area (Å²) in [5, 5.41) is 14.5. The summed E-state index contributed by atoms with van der Waals surface area (Å²) in [6, 6.07) is 2.09. The van der Waals surface area contributed by atoms with E-state index in [-0.39, 0.29) is 6.54 Å². The first-order chi connectivity index (χ1) is 7.70. The first kappa shape index (κ1) is 11.7. The number of rotatable bonds is 4. The standard InChI is InChI=1S/C11H14N2OS2/c1-7-2-3-15-11(7)9-6-16-10(13-9)4-8(14)5-12/h2-3,6,8,14H,4-5,12H2,1H3. The molecule has 0 radical (unpaired) electrons. The molecule has 3 nitrogen and oxygen atoms in total. The fourth-order valence-corrected chi connectivity index (χ4v) is 3.25. The molecule has 0 aliphatic rings. The van der Waals surface area contributed by atoms with Gasteiger partial charge in [0, 0.05) is 18.3 Å². The van der Waals surface area contributed by atoms with Gasteiger partial charge in [-0.1, -0.05) is 0 Å². The maximum absolute atomic E-state index is 9.45. The molecule has 0 bridgehead atoms. The van der Waals surface area contributed by atoms with Gasteiger partial charge in [-0.25, -0.2) is 4.98 Å². The monoisotopic (exact) mass is 254 g/mol. The van der Waals surface area contributed by atoms with Gasteiger partial charge in [0.15, 0.2) is 0 Å². The zero-order valence-corrected chi connectivity index (χ0v) is 10.6. The normalized spacial score (nSPS) is 12.9. The number of hydrogen-bond acceptors (Lipinski definition) is 5. The van der Waals surface area contributed by atoms with Gasteiger partial charge in [0.1, 0.15) is 0 Å². The molecule has 0 aliphatic heterocycles. The highest BCUT2D eigenvalue weighted by Crippen LogP contribution is 2.30. The van der Waals surface area contributed by atoms with Crippen molar-refractivity contribution in [2.75, 3.05) is 6.54 Å². The van der Waals surface area contributed by atoms with Crippen LogP contribution in [0.1, 0.15) is 10.6 Å². The fourth-order valence-electron chi connectivity index (χ4n) is 1.43. The Balaban J connectivity index is 2.17. The summed E-state index contributed by atoms with van der Waals surface area (Å²) < 4.78 is 0. The molecule has 0 aliphatic carbocycles. The Morgan fingerprint density at radius 3 is 2.94 bits per heavy atom. The summed E-state index contributed by atoms with van der Waals surface area (Å²) in [4.78, 5) is 5.73. The maximum Gasteiger partial charge on any atom is 0.0959 e. The molecule has 0 fully saturated rings. The lowest BCUT2D eigenvalue weighted by atomic mass is 10.2. The third kappa shape index (κ3) is 2.49. The Hall–Kier alpha value is -0.750. The minimum Gasteiger partial charge on any atom is -0.391 e. The molecule has 3 N–H and O–H groups in total. The Morgan fingerprint density at radius 2 is 2.31 bits per heavy atom. The van der Waals surface area contributed by atoms with Crippen LogP contribution in [-0.4, -0.2) is 22.7 Å². The molecule has 0 amide bonds. The number of aryl methyl sites for hydroxylation is 1. The van der Waals surface area contributed by atoms with E-state index >= 15 is 0 Å². The van der Waals surface area contributed by atoms with Crippen LogP contribution in [-0.2, 0) is 6.42 Å². The lowest BCUT2D eigenvalue weighted by Crippen LogP contribution is -2.21. The van der Waals surface area contributed by atoms with E-state index in [2.05, 4.69) is 23.4 Å². The van der Waals surface area contributed by atoms with Crippen LogP contribution in [0.5, 0.6) is 0 Å². The Kier molecular flexibility index (Phi) is 3.70. The average molecular weight is 254 g/mol. The molecule has 1 atom stereocenters. The minimum absolute atomic E-state index is 0.285. The highest BCUT2D eigenvalue weighted by atomic mass is 32.1. The molecule has 2 aromatic heterocycles. The number of aliphatic hydroxyl groups is 1. The smallest absolute Gasteiger partial charge is 0.0959 e. The molecule has 16 heavy (non-hydrogen) atoms. The molecule has 5 heteroatoms. The quantitative estimate of drug-likeness (QED) is 0.878. The molecule has 2 rings (SSSR count). The molecule has 1 unspecified atom stereocenters. The van der Waals surface area contributed by atoms with Gasteiger partial charge in [0.2, 0.25) is 0 Å². The molecule has 0 aromatic carbocycles. The second-order valence-corrected chi connectivity index (χ2v) is 5.51. The minimum atomic E-state index is -0.483. The van der Waals surface area contributed by atoms with Crippen molar-refractivity contribution in [1.82, 2.24) is 4.98 Å². The first-order valence-electron chi connectivity index (χ1n) is 5.07. The zero-order valence-electron chi connectivity index (χ0n) is 9.01. The van der Waals surface area contributed by atoms with Gasteiger partial charge in [-0.15, -0.1) is 22.7 Å². The van der Waals surface area contributed by atoms with Gasteiger partial charge in [0.25, 0.3) is 0 Å². The van der Waals surface area contributed by atoms with Crippen LogP contribution >= 0.6 is 22.7 Å².